The lowest BCUT2D eigenvalue weighted by Gasteiger charge is -2.22. The van der Waals surface area contributed by atoms with Crippen LogP contribution >= 0.6 is 15.9 Å². The minimum atomic E-state index is 0.0702. The van der Waals surface area contributed by atoms with Gasteiger partial charge in [0.05, 0.1) is 6.04 Å². The standard InChI is InChI=1S/C13H16BrNO/c14-11-6-2-1-5-10(11)9-13(16)12-7-3-4-8-15-12/h1-2,5-6,12,15H,3-4,7-9H2. The third kappa shape index (κ3) is 2.92. The summed E-state index contributed by atoms with van der Waals surface area (Å²) in [6, 6.07) is 8.00. The second-order valence-electron chi connectivity index (χ2n) is 4.24. The van der Waals surface area contributed by atoms with Crippen molar-refractivity contribution < 1.29 is 4.79 Å². The highest BCUT2D eigenvalue weighted by atomic mass is 79.9. The molecular formula is C13H16BrNO. The van der Waals surface area contributed by atoms with Gasteiger partial charge in [-0.25, -0.2) is 0 Å². The third-order valence-electron chi connectivity index (χ3n) is 3.02. The number of ketones is 1. The van der Waals surface area contributed by atoms with Gasteiger partial charge in [0.25, 0.3) is 0 Å². The van der Waals surface area contributed by atoms with E-state index in [2.05, 4.69) is 21.2 Å². The summed E-state index contributed by atoms with van der Waals surface area (Å²) in [5.74, 6) is 0.312. The van der Waals surface area contributed by atoms with E-state index in [1.165, 1.54) is 12.8 Å². The molecule has 1 heterocycles. The average Bonchev–Trinajstić information content (AvgIpc) is 2.33. The SMILES string of the molecule is O=C(Cc1ccccc1Br)C1CCCCN1. The third-order valence-corrected chi connectivity index (χ3v) is 3.80. The van der Waals surface area contributed by atoms with Crippen LogP contribution in [0.2, 0.25) is 0 Å². The van der Waals surface area contributed by atoms with Crippen molar-refractivity contribution in [3.63, 3.8) is 0 Å². The summed E-state index contributed by atoms with van der Waals surface area (Å²) in [5.41, 5.74) is 1.08. The molecule has 1 aromatic rings. The molecule has 2 rings (SSSR count). The van der Waals surface area contributed by atoms with E-state index < -0.39 is 0 Å². The van der Waals surface area contributed by atoms with Crippen LogP contribution in [0.5, 0.6) is 0 Å². The van der Waals surface area contributed by atoms with Gasteiger partial charge in [-0.1, -0.05) is 40.5 Å². The number of piperidine rings is 1. The quantitative estimate of drug-likeness (QED) is 0.923. The lowest BCUT2D eigenvalue weighted by molar-refractivity contribution is -0.120. The lowest BCUT2D eigenvalue weighted by Crippen LogP contribution is -2.41. The summed E-state index contributed by atoms with van der Waals surface area (Å²) in [4.78, 5) is 12.0. The van der Waals surface area contributed by atoms with Gasteiger partial charge in [-0.3, -0.25) is 4.79 Å². The van der Waals surface area contributed by atoms with Crippen molar-refractivity contribution in [3.05, 3.63) is 34.3 Å². The second-order valence-corrected chi connectivity index (χ2v) is 5.09. The number of halogens is 1. The number of Topliss-reactive ketones (excluding diaryl/α,β-unsaturated/α-hetero) is 1. The van der Waals surface area contributed by atoms with Crippen molar-refractivity contribution >= 4 is 21.7 Å². The fourth-order valence-electron chi connectivity index (χ4n) is 2.08. The number of carbonyl (C=O) groups is 1. The number of rotatable bonds is 3. The van der Waals surface area contributed by atoms with Crippen LogP contribution in [0.15, 0.2) is 28.7 Å². The molecule has 1 fully saturated rings. The van der Waals surface area contributed by atoms with E-state index in [-0.39, 0.29) is 6.04 Å². The first-order valence-corrected chi connectivity index (χ1v) is 6.56. The molecule has 0 amide bonds. The number of benzene rings is 1. The van der Waals surface area contributed by atoms with Crippen LogP contribution in [-0.2, 0) is 11.2 Å². The Morgan fingerprint density at radius 3 is 2.88 bits per heavy atom. The zero-order valence-corrected chi connectivity index (χ0v) is 10.8. The van der Waals surface area contributed by atoms with Crippen molar-refractivity contribution in [2.75, 3.05) is 6.54 Å². The van der Waals surface area contributed by atoms with Crippen molar-refractivity contribution in [1.82, 2.24) is 5.32 Å². The molecule has 1 saturated heterocycles. The molecule has 1 aliphatic heterocycles. The molecule has 2 nitrogen and oxygen atoms in total. The van der Waals surface area contributed by atoms with Gasteiger partial charge >= 0.3 is 0 Å². The molecule has 16 heavy (non-hydrogen) atoms. The molecular weight excluding hydrogens is 266 g/mol. The maximum absolute atomic E-state index is 12.0. The summed E-state index contributed by atoms with van der Waals surface area (Å²) in [5, 5.41) is 3.29. The minimum absolute atomic E-state index is 0.0702. The molecule has 0 aromatic heterocycles. The van der Waals surface area contributed by atoms with Gasteiger partial charge in [0.2, 0.25) is 0 Å². The maximum Gasteiger partial charge on any atom is 0.154 e. The largest absolute Gasteiger partial charge is 0.307 e. The summed E-state index contributed by atoms with van der Waals surface area (Å²) in [6.45, 7) is 0.979. The molecule has 3 heteroatoms. The minimum Gasteiger partial charge on any atom is -0.307 e. The van der Waals surface area contributed by atoms with E-state index in [4.69, 9.17) is 0 Å². The molecule has 1 aliphatic rings. The van der Waals surface area contributed by atoms with E-state index in [0.717, 1.165) is 23.0 Å². The van der Waals surface area contributed by atoms with Gasteiger partial charge in [-0.2, -0.15) is 0 Å². The molecule has 1 unspecified atom stereocenters. The molecule has 0 radical (unpaired) electrons. The van der Waals surface area contributed by atoms with Crippen LogP contribution in [0, 0.1) is 0 Å². The van der Waals surface area contributed by atoms with E-state index in [0.29, 0.717) is 12.2 Å². The van der Waals surface area contributed by atoms with Crippen LogP contribution in [-0.4, -0.2) is 18.4 Å². The predicted octanol–water partition coefficient (Wildman–Crippen LogP) is 2.70. The van der Waals surface area contributed by atoms with E-state index >= 15 is 0 Å². The van der Waals surface area contributed by atoms with Crippen molar-refractivity contribution in [2.45, 2.75) is 31.7 Å². The van der Waals surface area contributed by atoms with Crippen LogP contribution in [0.3, 0.4) is 0 Å². The highest BCUT2D eigenvalue weighted by molar-refractivity contribution is 9.10. The van der Waals surface area contributed by atoms with Crippen LogP contribution in [0.1, 0.15) is 24.8 Å². The Balaban J connectivity index is 1.99. The first-order chi connectivity index (χ1) is 7.77. The lowest BCUT2D eigenvalue weighted by atomic mass is 9.97. The molecule has 0 bridgehead atoms. The Morgan fingerprint density at radius 1 is 1.38 bits per heavy atom. The Hall–Kier alpha value is -0.670. The van der Waals surface area contributed by atoms with E-state index in [1.54, 1.807) is 0 Å². The normalized spacial score (nSPS) is 20.7. The molecule has 86 valence electrons. The summed E-state index contributed by atoms with van der Waals surface area (Å²) in [6.07, 6.45) is 3.88. The maximum atomic E-state index is 12.0. The fourth-order valence-corrected chi connectivity index (χ4v) is 2.50. The van der Waals surface area contributed by atoms with Gasteiger partial charge in [-0.05, 0) is 31.0 Å². The number of nitrogens with one attached hydrogen (secondary N) is 1. The molecule has 1 N–H and O–H groups in total. The van der Waals surface area contributed by atoms with Gasteiger partial charge < -0.3 is 5.32 Å². The van der Waals surface area contributed by atoms with Crippen LogP contribution in [0.4, 0.5) is 0 Å². The van der Waals surface area contributed by atoms with Crippen molar-refractivity contribution in [2.24, 2.45) is 0 Å². The smallest absolute Gasteiger partial charge is 0.154 e. The Labute approximate surface area is 105 Å². The Bertz CT molecular complexity index is 372. The van der Waals surface area contributed by atoms with Crippen LogP contribution < -0.4 is 5.32 Å². The fraction of sp³-hybridized carbons (Fsp3) is 0.462. The average molecular weight is 282 g/mol. The van der Waals surface area contributed by atoms with Crippen LogP contribution in [0.25, 0.3) is 0 Å². The van der Waals surface area contributed by atoms with E-state index in [9.17, 15) is 4.79 Å². The van der Waals surface area contributed by atoms with Gasteiger partial charge in [-0.15, -0.1) is 0 Å². The van der Waals surface area contributed by atoms with Gasteiger partial charge in [0.1, 0.15) is 0 Å². The van der Waals surface area contributed by atoms with Gasteiger partial charge in [0.15, 0.2) is 5.78 Å². The summed E-state index contributed by atoms with van der Waals surface area (Å²) < 4.78 is 1.03. The summed E-state index contributed by atoms with van der Waals surface area (Å²) in [7, 11) is 0. The zero-order chi connectivity index (χ0) is 11.4. The first-order valence-electron chi connectivity index (χ1n) is 5.77. The number of hydrogen-bond donors (Lipinski definition) is 1. The number of hydrogen-bond acceptors (Lipinski definition) is 2. The first kappa shape index (κ1) is 11.8. The van der Waals surface area contributed by atoms with Crippen molar-refractivity contribution in [3.8, 4) is 0 Å². The second kappa shape index (κ2) is 5.60. The molecule has 0 saturated carbocycles. The predicted molar refractivity (Wildman–Crippen MR) is 68.5 cm³/mol. The topological polar surface area (TPSA) is 29.1 Å². The number of carbonyl (C=O) groups excluding carboxylic acids is 1. The monoisotopic (exact) mass is 281 g/mol. The van der Waals surface area contributed by atoms with Crippen molar-refractivity contribution in [1.29, 1.82) is 0 Å². The molecule has 0 aliphatic carbocycles. The Morgan fingerprint density at radius 2 is 2.19 bits per heavy atom. The zero-order valence-electron chi connectivity index (χ0n) is 9.21. The van der Waals surface area contributed by atoms with E-state index in [1.807, 2.05) is 24.3 Å². The molecule has 1 atom stereocenters. The molecule has 1 aromatic carbocycles. The highest BCUT2D eigenvalue weighted by Crippen LogP contribution is 2.18. The molecule has 0 spiro atoms. The highest BCUT2D eigenvalue weighted by Gasteiger charge is 2.20. The summed E-state index contributed by atoms with van der Waals surface area (Å²) >= 11 is 3.48. The Kier molecular flexibility index (Phi) is 4.13. The van der Waals surface area contributed by atoms with Gasteiger partial charge in [0, 0.05) is 10.9 Å².